The molecule has 2 aliphatic rings. The average Bonchev–Trinajstić information content (AvgIpc) is 3.35. The van der Waals surface area contributed by atoms with Crippen molar-refractivity contribution in [1.82, 2.24) is 0 Å². The number of carbonyl (C=O) groups excluding carboxylic acids is 4. The van der Waals surface area contributed by atoms with Gasteiger partial charge in [-0.25, -0.2) is 0 Å². The van der Waals surface area contributed by atoms with Crippen LogP contribution in [0.25, 0.3) is 0 Å². The fourth-order valence-electron chi connectivity index (χ4n) is 9.24. The van der Waals surface area contributed by atoms with E-state index in [0.29, 0.717) is 19.3 Å². The lowest BCUT2D eigenvalue weighted by atomic mass is 9.88. The Hall–Kier alpha value is -2.71. The molecule has 78 heavy (non-hydrogen) atoms. The van der Waals surface area contributed by atoms with E-state index in [4.69, 9.17) is 30.5 Å². The monoisotopic (exact) mass is 1250 g/mol. The molecule has 448 valence electrons. The van der Waals surface area contributed by atoms with Crippen LogP contribution in [0, 0.1) is 35.5 Å². The standard InChI is InChI=1S/C30H48BrClO7.C30H49BrO8/c1-8-25(35)21(5)28(32)24(31)16-18(2)10-9-11-19(3)29-20(4)12-13-26(38-22(6)33)30(7,37)15-14-23(34)17-27(36)39-29;1-8-24(34)21(5)28(31)25(35)16-18(2)10-9-11-19(3)29-20(4)12-13-26(38-22(6)32)30(7,37)15-14-23(33)17-27(36)39-29/h9-13,18,20-21,23-26,28-29,34-35,37H,8,14-17H2,1-7H3;9-13,18,20-21,23-26,28-29,33-35,37H,8,14-17H2,1-7H3/b2*10-9+,13-12+,19-11+. The van der Waals surface area contributed by atoms with E-state index >= 15 is 0 Å². The van der Waals surface area contributed by atoms with Crippen LogP contribution in [0.4, 0.5) is 0 Å². The van der Waals surface area contributed by atoms with Gasteiger partial charge in [0.05, 0.1) is 48.7 Å². The van der Waals surface area contributed by atoms with Gasteiger partial charge in [-0.05, 0) is 126 Å². The van der Waals surface area contributed by atoms with Crippen LogP contribution >= 0.6 is 43.5 Å². The number of carbonyl (C=O) groups is 4. The predicted molar refractivity (Wildman–Crippen MR) is 314 cm³/mol. The highest BCUT2D eigenvalue weighted by Gasteiger charge is 2.37. The van der Waals surface area contributed by atoms with Crippen molar-refractivity contribution in [1.29, 1.82) is 0 Å². The molecule has 0 aromatic carbocycles. The number of cyclic esters (lactones) is 2. The molecule has 20 atom stereocenters. The number of esters is 4. The smallest absolute Gasteiger partial charge is 0.309 e. The first kappa shape index (κ1) is 73.3. The second-order valence-corrected chi connectivity index (χ2v) is 25.3. The SMILES string of the molecule is CCC(O)C(C)C(Br)C(O)CC(C)/C=C/C=C(\C)C1OC(=O)CC(O)CCC(C)(O)C(OC(C)=O)/C=C/C1C.CCC(O)C(C)C(Cl)C(Br)CC(C)/C=C/C=C(\C)C1OC(=O)CC(O)CCC(C)(O)C(OC(C)=O)/C=C/C1C. The van der Waals surface area contributed by atoms with Crippen LogP contribution in [-0.2, 0) is 38.1 Å². The molecule has 2 heterocycles. The summed E-state index contributed by atoms with van der Waals surface area (Å²) in [5, 5.41) is 73.2. The maximum Gasteiger partial charge on any atom is 0.309 e. The third-order valence-electron chi connectivity index (χ3n) is 14.7. The molecule has 2 aliphatic heterocycles. The van der Waals surface area contributed by atoms with E-state index in [2.05, 4.69) is 44.9 Å². The van der Waals surface area contributed by atoms with Crippen molar-refractivity contribution in [2.75, 3.05) is 0 Å². The molecule has 15 nitrogen and oxygen atoms in total. The van der Waals surface area contributed by atoms with Crippen molar-refractivity contribution in [2.24, 2.45) is 35.5 Å². The molecule has 0 radical (unpaired) electrons. The molecule has 0 aromatic rings. The van der Waals surface area contributed by atoms with Crippen molar-refractivity contribution >= 4 is 67.3 Å². The van der Waals surface area contributed by atoms with Gasteiger partial charge in [-0.3, -0.25) is 19.2 Å². The summed E-state index contributed by atoms with van der Waals surface area (Å²) in [6, 6.07) is 0. The highest BCUT2D eigenvalue weighted by atomic mass is 79.9. The maximum absolute atomic E-state index is 12.6. The quantitative estimate of drug-likeness (QED) is 0.0197. The van der Waals surface area contributed by atoms with E-state index in [9.17, 15) is 54.9 Å². The van der Waals surface area contributed by atoms with Crippen molar-refractivity contribution in [2.45, 2.75) is 242 Å². The molecule has 0 fully saturated rings. The van der Waals surface area contributed by atoms with Crippen LogP contribution in [0.15, 0.2) is 71.9 Å². The van der Waals surface area contributed by atoms with Crippen molar-refractivity contribution < 1.29 is 73.9 Å². The van der Waals surface area contributed by atoms with Crippen molar-refractivity contribution in [3.05, 3.63) is 71.9 Å². The Morgan fingerprint density at radius 3 is 1.42 bits per heavy atom. The minimum absolute atomic E-state index is 0.0336. The topological polar surface area (TPSA) is 247 Å². The van der Waals surface area contributed by atoms with Gasteiger partial charge < -0.3 is 54.7 Å². The highest BCUT2D eigenvalue weighted by molar-refractivity contribution is 9.09. The summed E-state index contributed by atoms with van der Waals surface area (Å²) < 4.78 is 22.3. The summed E-state index contributed by atoms with van der Waals surface area (Å²) in [5.74, 6) is -2.60. The summed E-state index contributed by atoms with van der Waals surface area (Å²) in [5.41, 5.74) is -1.26. The molecule has 18 heteroatoms. The maximum atomic E-state index is 12.6. The van der Waals surface area contributed by atoms with E-state index in [1.807, 2.05) is 92.7 Å². The summed E-state index contributed by atoms with van der Waals surface area (Å²) in [4.78, 5) is 48.3. The minimum Gasteiger partial charge on any atom is -0.457 e. The third kappa shape index (κ3) is 26.9. The molecule has 7 N–H and O–H groups in total. The van der Waals surface area contributed by atoms with Crippen LogP contribution < -0.4 is 0 Å². The molecule has 20 unspecified atom stereocenters. The number of hydrogen-bond donors (Lipinski definition) is 7. The van der Waals surface area contributed by atoms with Crippen LogP contribution in [0.3, 0.4) is 0 Å². The van der Waals surface area contributed by atoms with Gasteiger partial charge in [0.1, 0.15) is 35.6 Å². The number of ether oxygens (including phenoxy) is 4. The zero-order chi connectivity index (χ0) is 59.8. The van der Waals surface area contributed by atoms with Gasteiger partial charge >= 0.3 is 23.9 Å². The second-order valence-electron chi connectivity index (χ2n) is 22.5. The van der Waals surface area contributed by atoms with Gasteiger partial charge in [0.25, 0.3) is 0 Å². The molecule has 0 saturated carbocycles. The van der Waals surface area contributed by atoms with E-state index in [1.54, 1.807) is 38.2 Å². The van der Waals surface area contributed by atoms with E-state index in [1.165, 1.54) is 13.8 Å². The molecule has 0 aliphatic carbocycles. The van der Waals surface area contributed by atoms with E-state index < -0.39 is 90.0 Å². The van der Waals surface area contributed by atoms with Gasteiger partial charge in [-0.1, -0.05) is 136 Å². The lowest BCUT2D eigenvalue weighted by Gasteiger charge is -2.32. The van der Waals surface area contributed by atoms with Gasteiger partial charge in [0.15, 0.2) is 0 Å². The molecular weight excluding hydrogens is 1160 g/mol. The summed E-state index contributed by atoms with van der Waals surface area (Å²) in [6.07, 6.45) is 14.4. The Morgan fingerprint density at radius 2 is 1.05 bits per heavy atom. The highest BCUT2D eigenvalue weighted by Crippen LogP contribution is 2.32. The number of aliphatic hydroxyl groups excluding tert-OH is 5. The van der Waals surface area contributed by atoms with Crippen LogP contribution in [0.5, 0.6) is 0 Å². The van der Waals surface area contributed by atoms with Gasteiger partial charge in [-0.2, -0.15) is 0 Å². The molecule has 0 amide bonds. The first-order valence-electron chi connectivity index (χ1n) is 27.7. The Morgan fingerprint density at radius 1 is 0.679 bits per heavy atom. The Kier molecular flexibility index (Phi) is 33.8. The third-order valence-corrected chi connectivity index (χ3v) is 18.1. The Labute approximate surface area is 488 Å². The lowest BCUT2D eigenvalue weighted by Crippen LogP contribution is -2.42. The van der Waals surface area contributed by atoms with E-state index in [-0.39, 0.29) is 89.1 Å². The molecule has 0 bridgehead atoms. The van der Waals surface area contributed by atoms with Gasteiger partial charge in [0, 0.05) is 35.3 Å². The van der Waals surface area contributed by atoms with Crippen LogP contribution in [0.1, 0.15) is 161 Å². The molecule has 0 saturated heterocycles. The number of hydrogen-bond acceptors (Lipinski definition) is 15. The van der Waals surface area contributed by atoms with Crippen LogP contribution in [0.2, 0.25) is 0 Å². The molecule has 0 spiro atoms. The second kappa shape index (κ2) is 36.0. The fraction of sp³-hybridized carbons (Fsp3) is 0.733. The van der Waals surface area contributed by atoms with Gasteiger partial charge in [-0.15, -0.1) is 11.6 Å². The van der Waals surface area contributed by atoms with Crippen molar-refractivity contribution in [3.63, 3.8) is 0 Å². The van der Waals surface area contributed by atoms with Gasteiger partial charge in [0.2, 0.25) is 0 Å². The number of allylic oxidation sites excluding steroid dienone is 6. The largest absolute Gasteiger partial charge is 0.457 e. The Balaban J connectivity index is 0.000000780. The summed E-state index contributed by atoms with van der Waals surface area (Å²) in [7, 11) is 0. The average molecular weight is 1250 g/mol. The Bertz CT molecular complexity index is 1880. The first-order valence-corrected chi connectivity index (χ1v) is 30.0. The predicted octanol–water partition coefficient (Wildman–Crippen LogP) is 10.0. The zero-order valence-corrected chi connectivity index (χ0v) is 52.7. The fourth-order valence-corrected chi connectivity index (χ4v) is 11.2. The molecular formula is C60H97Br2ClO15. The minimum atomic E-state index is -1.42. The lowest BCUT2D eigenvalue weighted by molar-refractivity contribution is -0.158. The molecule has 0 aromatic heterocycles. The number of aliphatic hydroxyl groups is 7. The number of halogens is 3. The summed E-state index contributed by atoms with van der Waals surface area (Å²) in [6.45, 7) is 24.9. The van der Waals surface area contributed by atoms with Crippen LogP contribution in [-0.4, -0.2) is 141 Å². The summed E-state index contributed by atoms with van der Waals surface area (Å²) >= 11 is 13.8. The first-order chi connectivity index (χ1) is 36.2. The number of rotatable bonds is 20. The normalized spacial score (nSPS) is 32.2. The molecule has 2 rings (SSSR count). The zero-order valence-electron chi connectivity index (χ0n) is 48.8. The van der Waals surface area contributed by atoms with Crippen molar-refractivity contribution in [3.8, 4) is 0 Å². The van der Waals surface area contributed by atoms with E-state index in [0.717, 1.165) is 17.6 Å². The number of alkyl halides is 3.